The van der Waals surface area contributed by atoms with Crippen LogP contribution in [0.1, 0.15) is 38.1 Å². The molecule has 1 aromatic heterocycles. The van der Waals surface area contributed by atoms with E-state index in [9.17, 15) is 13.2 Å². The van der Waals surface area contributed by atoms with E-state index in [0.717, 1.165) is 19.3 Å². The first-order chi connectivity index (χ1) is 15.3. The van der Waals surface area contributed by atoms with Crippen LogP contribution in [0.3, 0.4) is 0 Å². The van der Waals surface area contributed by atoms with Crippen LogP contribution in [-0.2, 0) is 17.1 Å². The maximum Gasteiger partial charge on any atom is 0.261 e. The number of aromatic nitrogens is 2. The van der Waals surface area contributed by atoms with Crippen LogP contribution in [0, 0.1) is 0 Å². The van der Waals surface area contributed by atoms with E-state index in [1.807, 2.05) is 25.1 Å². The summed E-state index contributed by atoms with van der Waals surface area (Å²) >= 11 is 5.93. The highest BCUT2D eigenvalue weighted by molar-refractivity contribution is 7.89. The minimum absolute atomic E-state index is 0.0936. The van der Waals surface area contributed by atoms with Crippen molar-refractivity contribution in [2.24, 2.45) is 7.05 Å². The summed E-state index contributed by atoms with van der Waals surface area (Å²) < 4.78 is 29.7. The lowest BCUT2D eigenvalue weighted by atomic mass is 10.0. The molecule has 0 aliphatic carbocycles. The fraction of sp³-hybridized carbons (Fsp3) is 0.391. The molecule has 9 heteroatoms. The summed E-state index contributed by atoms with van der Waals surface area (Å²) in [7, 11) is -1.90. The fourth-order valence-corrected chi connectivity index (χ4v) is 6.08. The van der Waals surface area contributed by atoms with Crippen LogP contribution in [0.25, 0.3) is 10.9 Å². The second-order valence-electron chi connectivity index (χ2n) is 8.20. The fourth-order valence-electron chi connectivity index (χ4n) is 4.26. The van der Waals surface area contributed by atoms with Gasteiger partial charge in [0.15, 0.2) is 0 Å². The third-order valence-electron chi connectivity index (χ3n) is 6.06. The number of hydrogen-bond donors (Lipinski definition) is 1. The molecular weight excluding hydrogens is 448 g/mol. The molecule has 7 nitrogen and oxygen atoms in total. The van der Waals surface area contributed by atoms with Crippen LogP contribution in [0.2, 0.25) is 5.02 Å². The van der Waals surface area contributed by atoms with Gasteiger partial charge in [0.05, 0.1) is 21.8 Å². The van der Waals surface area contributed by atoms with E-state index in [0.29, 0.717) is 34.8 Å². The normalized spacial score (nSPS) is 18.7. The van der Waals surface area contributed by atoms with Crippen LogP contribution in [-0.4, -0.2) is 41.4 Å². The molecule has 3 aromatic rings. The van der Waals surface area contributed by atoms with Gasteiger partial charge in [-0.25, -0.2) is 13.4 Å². The second-order valence-corrected chi connectivity index (χ2v) is 10.5. The third-order valence-corrected chi connectivity index (χ3v) is 8.28. The van der Waals surface area contributed by atoms with Gasteiger partial charge in [0.2, 0.25) is 10.0 Å². The number of piperidine rings is 1. The number of para-hydroxylation sites is 1. The molecule has 1 aliphatic heterocycles. The summed E-state index contributed by atoms with van der Waals surface area (Å²) in [4.78, 5) is 17.7. The highest BCUT2D eigenvalue weighted by Crippen LogP contribution is 2.26. The smallest absolute Gasteiger partial charge is 0.261 e. The molecule has 1 unspecified atom stereocenters. The number of hydrogen-bond acceptors (Lipinski definition) is 5. The summed E-state index contributed by atoms with van der Waals surface area (Å²) in [5, 5.41) is 4.50. The minimum atomic E-state index is -3.62. The lowest BCUT2D eigenvalue weighted by Gasteiger charge is -2.35. The van der Waals surface area contributed by atoms with E-state index in [1.165, 1.54) is 0 Å². The van der Waals surface area contributed by atoms with Crippen molar-refractivity contribution in [3.05, 3.63) is 69.7 Å². The average molecular weight is 475 g/mol. The molecule has 0 amide bonds. The lowest BCUT2D eigenvalue weighted by Crippen LogP contribution is -2.49. The van der Waals surface area contributed by atoms with Gasteiger partial charge in [-0.15, -0.1) is 0 Å². The van der Waals surface area contributed by atoms with Gasteiger partial charge in [-0.2, -0.15) is 4.31 Å². The van der Waals surface area contributed by atoms with Crippen molar-refractivity contribution in [1.82, 2.24) is 19.2 Å². The monoisotopic (exact) mass is 474 g/mol. The van der Waals surface area contributed by atoms with E-state index in [1.54, 1.807) is 46.3 Å². The van der Waals surface area contributed by atoms with Crippen molar-refractivity contribution in [2.75, 3.05) is 13.1 Å². The third kappa shape index (κ3) is 4.45. The SMILES string of the molecule is CC(NC[C@@H]1CCCCN1S(=O)(=O)c1ccc(Cl)cc1)c1nc2ccccc2c(=O)n1C. The highest BCUT2D eigenvalue weighted by Gasteiger charge is 2.33. The molecule has 0 saturated carbocycles. The van der Waals surface area contributed by atoms with Crippen molar-refractivity contribution in [3.63, 3.8) is 0 Å². The van der Waals surface area contributed by atoms with Gasteiger partial charge in [-0.3, -0.25) is 9.36 Å². The first-order valence-electron chi connectivity index (χ1n) is 10.8. The summed E-state index contributed by atoms with van der Waals surface area (Å²) in [5.74, 6) is 0.622. The largest absolute Gasteiger partial charge is 0.306 e. The molecule has 0 radical (unpaired) electrons. The zero-order chi connectivity index (χ0) is 22.9. The molecule has 170 valence electrons. The Morgan fingerprint density at radius 2 is 1.88 bits per heavy atom. The van der Waals surface area contributed by atoms with Gasteiger partial charge in [0, 0.05) is 31.2 Å². The molecule has 1 aliphatic rings. The Kier molecular flexibility index (Phi) is 6.67. The first kappa shape index (κ1) is 22.9. The van der Waals surface area contributed by atoms with Gasteiger partial charge in [-0.05, 0) is 56.2 Å². The summed E-state index contributed by atoms with van der Waals surface area (Å²) in [6.45, 7) is 2.90. The Labute approximate surface area is 193 Å². The van der Waals surface area contributed by atoms with Crippen molar-refractivity contribution < 1.29 is 8.42 Å². The predicted octanol–water partition coefficient (Wildman–Crippen LogP) is 3.48. The summed E-state index contributed by atoms with van der Waals surface area (Å²) in [5.41, 5.74) is 0.563. The molecule has 1 N–H and O–H groups in total. The molecular formula is C23H27ClN4O3S. The Morgan fingerprint density at radius 3 is 2.62 bits per heavy atom. The average Bonchev–Trinajstić information content (AvgIpc) is 2.80. The number of rotatable bonds is 6. The zero-order valence-electron chi connectivity index (χ0n) is 18.2. The molecule has 0 bridgehead atoms. The number of sulfonamides is 1. The van der Waals surface area contributed by atoms with Crippen molar-refractivity contribution in [2.45, 2.75) is 43.2 Å². The number of fused-ring (bicyclic) bond motifs is 1. The van der Waals surface area contributed by atoms with Crippen LogP contribution in [0.5, 0.6) is 0 Å². The maximum absolute atomic E-state index is 13.3. The Bertz CT molecular complexity index is 1270. The van der Waals surface area contributed by atoms with E-state index in [-0.39, 0.29) is 22.5 Å². The van der Waals surface area contributed by atoms with Gasteiger partial charge >= 0.3 is 0 Å². The zero-order valence-corrected chi connectivity index (χ0v) is 19.7. The Balaban J connectivity index is 1.54. The Morgan fingerprint density at radius 1 is 1.16 bits per heavy atom. The predicted molar refractivity (Wildman–Crippen MR) is 126 cm³/mol. The molecule has 4 rings (SSSR count). The number of benzene rings is 2. The van der Waals surface area contributed by atoms with Crippen molar-refractivity contribution >= 4 is 32.5 Å². The number of nitrogens with one attached hydrogen (secondary N) is 1. The number of nitrogens with zero attached hydrogens (tertiary/aromatic N) is 3. The Hall–Kier alpha value is -2.26. The van der Waals surface area contributed by atoms with Gasteiger partial charge < -0.3 is 5.32 Å². The van der Waals surface area contributed by atoms with Gasteiger partial charge in [0.25, 0.3) is 5.56 Å². The van der Waals surface area contributed by atoms with Crippen molar-refractivity contribution in [1.29, 1.82) is 0 Å². The first-order valence-corrected chi connectivity index (χ1v) is 12.6. The maximum atomic E-state index is 13.3. The molecule has 1 fully saturated rings. The summed E-state index contributed by atoms with van der Waals surface area (Å²) in [6.07, 6.45) is 2.58. The molecule has 2 heterocycles. The number of halogens is 1. The molecule has 2 aromatic carbocycles. The van der Waals surface area contributed by atoms with E-state index in [2.05, 4.69) is 10.3 Å². The minimum Gasteiger partial charge on any atom is -0.306 e. The standard InChI is InChI=1S/C23H27ClN4O3S/c1-16(22-26-21-9-4-3-8-20(21)23(29)27(22)2)25-15-18-7-5-6-14-28(18)32(30,31)19-12-10-17(24)11-13-19/h3-4,8-13,16,18,25H,5-7,14-15H2,1-2H3/t16?,18-/m0/s1. The summed E-state index contributed by atoms with van der Waals surface area (Å²) in [6, 6.07) is 13.2. The second kappa shape index (κ2) is 9.31. The lowest BCUT2D eigenvalue weighted by molar-refractivity contribution is 0.240. The molecule has 0 spiro atoms. The van der Waals surface area contributed by atoms with Crippen molar-refractivity contribution in [3.8, 4) is 0 Å². The van der Waals surface area contributed by atoms with E-state index in [4.69, 9.17) is 11.6 Å². The van der Waals surface area contributed by atoms with E-state index >= 15 is 0 Å². The van der Waals surface area contributed by atoms with Crippen LogP contribution < -0.4 is 10.9 Å². The van der Waals surface area contributed by atoms with Gasteiger partial charge in [-0.1, -0.05) is 30.2 Å². The van der Waals surface area contributed by atoms with Crippen LogP contribution in [0.4, 0.5) is 0 Å². The van der Waals surface area contributed by atoms with Crippen LogP contribution in [0.15, 0.2) is 58.2 Å². The molecule has 2 atom stereocenters. The molecule has 1 saturated heterocycles. The van der Waals surface area contributed by atoms with E-state index < -0.39 is 10.0 Å². The quantitative estimate of drug-likeness (QED) is 0.591. The van der Waals surface area contributed by atoms with Gasteiger partial charge in [0.1, 0.15) is 5.82 Å². The highest BCUT2D eigenvalue weighted by atomic mass is 35.5. The topological polar surface area (TPSA) is 84.3 Å². The van der Waals surface area contributed by atoms with Crippen LogP contribution >= 0.6 is 11.6 Å². The molecule has 32 heavy (non-hydrogen) atoms.